The lowest BCUT2D eigenvalue weighted by molar-refractivity contribution is 0.980. The highest BCUT2D eigenvalue weighted by Gasteiger charge is 2.00. The maximum Gasteiger partial charge on any atom is 0.347 e. The monoisotopic (exact) mass is 318 g/mol. The summed E-state index contributed by atoms with van der Waals surface area (Å²) in [6, 6.07) is 11.4. The van der Waals surface area contributed by atoms with Crippen molar-refractivity contribution in [1.82, 2.24) is 9.97 Å². The molecule has 0 fully saturated rings. The van der Waals surface area contributed by atoms with Gasteiger partial charge < -0.3 is 5.32 Å². The van der Waals surface area contributed by atoms with Crippen molar-refractivity contribution in [2.45, 2.75) is 6.42 Å². The standard InChI is InChI=1S/C13H11BrN4O/c14-10-3-1-2-9(6-10)4-5-16-12-7-11(8-15)17-13(19)18-12/h1-3,6-7H,4-5H2,(H2,16,17,18,19). The van der Waals surface area contributed by atoms with Crippen LogP contribution in [0.15, 0.2) is 39.6 Å². The Kier molecular flexibility index (Phi) is 4.31. The fourth-order valence-corrected chi connectivity index (χ4v) is 2.08. The molecule has 0 saturated carbocycles. The van der Waals surface area contributed by atoms with Crippen molar-refractivity contribution in [3.05, 3.63) is 56.5 Å². The van der Waals surface area contributed by atoms with Crippen molar-refractivity contribution in [3.8, 4) is 6.07 Å². The van der Waals surface area contributed by atoms with Crippen LogP contribution < -0.4 is 11.0 Å². The number of nitriles is 1. The molecule has 0 aliphatic heterocycles. The molecule has 0 amide bonds. The third kappa shape index (κ3) is 3.93. The van der Waals surface area contributed by atoms with E-state index < -0.39 is 5.69 Å². The van der Waals surface area contributed by atoms with E-state index in [1.807, 2.05) is 30.3 Å². The van der Waals surface area contributed by atoms with E-state index in [-0.39, 0.29) is 5.69 Å². The summed E-state index contributed by atoms with van der Waals surface area (Å²) in [5.41, 5.74) is 0.848. The minimum atomic E-state index is -0.524. The van der Waals surface area contributed by atoms with Gasteiger partial charge in [-0.3, -0.25) is 4.98 Å². The van der Waals surface area contributed by atoms with Crippen LogP contribution in [0, 0.1) is 11.3 Å². The molecule has 1 heterocycles. The number of H-pyrrole nitrogens is 1. The second-order valence-corrected chi connectivity index (χ2v) is 4.82. The van der Waals surface area contributed by atoms with Gasteiger partial charge in [-0.2, -0.15) is 10.2 Å². The number of aromatic nitrogens is 2. The Hall–Kier alpha value is -2.13. The number of anilines is 1. The number of rotatable bonds is 4. The van der Waals surface area contributed by atoms with E-state index in [0.29, 0.717) is 12.4 Å². The van der Waals surface area contributed by atoms with Gasteiger partial charge in [0.1, 0.15) is 17.6 Å². The summed E-state index contributed by atoms with van der Waals surface area (Å²) < 4.78 is 1.03. The molecule has 0 saturated heterocycles. The van der Waals surface area contributed by atoms with Gasteiger partial charge in [-0.1, -0.05) is 28.1 Å². The second-order valence-electron chi connectivity index (χ2n) is 3.90. The predicted octanol–water partition coefficient (Wildman–Crippen LogP) is 2.06. The first kappa shape index (κ1) is 13.3. The van der Waals surface area contributed by atoms with Gasteiger partial charge in [0.2, 0.25) is 0 Å². The summed E-state index contributed by atoms with van der Waals surface area (Å²) in [4.78, 5) is 17.3. The first-order chi connectivity index (χ1) is 9.17. The van der Waals surface area contributed by atoms with Crippen molar-refractivity contribution >= 4 is 21.7 Å². The van der Waals surface area contributed by atoms with Gasteiger partial charge in [0.15, 0.2) is 0 Å². The van der Waals surface area contributed by atoms with Crippen molar-refractivity contribution in [2.75, 3.05) is 11.9 Å². The Balaban J connectivity index is 1.98. The average molecular weight is 319 g/mol. The van der Waals surface area contributed by atoms with Crippen LogP contribution >= 0.6 is 15.9 Å². The first-order valence-corrected chi connectivity index (χ1v) is 6.46. The van der Waals surface area contributed by atoms with Crippen LogP contribution in [0.1, 0.15) is 11.3 Å². The molecule has 0 bridgehead atoms. The largest absolute Gasteiger partial charge is 0.369 e. The number of nitrogens with zero attached hydrogens (tertiary/aromatic N) is 2. The molecule has 96 valence electrons. The molecule has 19 heavy (non-hydrogen) atoms. The molecular formula is C13H11BrN4O. The molecule has 0 radical (unpaired) electrons. The van der Waals surface area contributed by atoms with Crippen molar-refractivity contribution in [3.63, 3.8) is 0 Å². The van der Waals surface area contributed by atoms with Gasteiger partial charge >= 0.3 is 5.69 Å². The number of nitrogens with one attached hydrogen (secondary N) is 2. The minimum Gasteiger partial charge on any atom is -0.369 e. The summed E-state index contributed by atoms with van der Waals surface area (Å²) in [6.45, 7) is 0.637. The predicted molar refractivity (Wildman–Crippen MR) is 75.9 cm³/mol. The van der Waals surface area contributed by atoms with Crippen LogP contribution in [-0.2, 0) is 6.42 Å². The molecule has 0 aliphatic carbocycles. The first-order valence-electron chi connectivity index (χ1n) is 5.67. The van der Waals surface area contributed by atoms with Gasteiger partial charge in [0.25, 0.3) is 0 Å². The molecule has 1 aromatic heterocycles. The van der Waals surface area contributed by atoms with E-state index in [0.717, 1.165) is 10.9 Å². The maximum atomic E-state index is 11.2. The minimum absolute atomic E-state index is 0.199. The van der Waals surface area contributed by atoms with E-state index in [1.54, 1.807) is 0 Å². The van der Waals surface area contributed by atoms with E-state index in [9.17, 15) is 4.79 Å². The highest BCUT2D eigenvalue weighted by Crippen LogP contribution is 2.12. The Morgan fingerprint density at radius 2 is 2.26 bits per heavy atom. The second kappa shape index (κ2) is 6.16. The SMILES string of the molecule is N#Cc1cc(NCCc2cccc(Br)c2)nc(=O)[nH]1. The Labute approximate surface area is 118 Å². The number of hydrogen-bond donors (Lipinski definition) is 2. The zero-order chi connectivity index (χ0) is 13.7. The van der Waals surface area contributed by atoms with Gasteiger partial charge in [-0.05, 0) is 24.1 Å². The van der Waals surface area contributed by atoms with Gasteiger partial charge in [0, 0.05) is 17.1 Å². The Morgan fingerprint density at radius 3 is 3.00 bits per heavy atom. The zero-order valence-electron chi connectivity index (χ0n) is 9.98. The third-order valence-electron chi connectivity index (χ3n) is 2.47. The van der Waals surface area contributed by atoms with Crippen LogP contribution in [0.2, 0.25) is 0 Å². The molecule has 0 spiro atoms. The number of aromatic amines is 1. The third-order valence-corrected chi connectivity index (χ3v) is 2.97. The Bertz CT molecular complexity index is 675. The molecule has 2 aromatic rings. The molecule has 5 nitrogen and oxygen atoms in total. The summed E-state index contributed by atoms with van der Waals surface area (Å²) in [6.07, 6.45) is 0.801. The number of halogens is 1. The van der Waals surface area contributed by atoms with Crippen LogP contribution in [0.4, 0.5) is 5.82 Å². The van der Waals surface area contributed by atoms with Crippen molar-refractivity contribution in [1.29, 1.82) is 5.26 Å². The van der Waals surface area contributed by atoms with E-state index >= 15 is 0 Å². The van der Waals surface area contributed by atoms with Crippen molar-refractivity contribution < 1.29 is 0 Å². The molecule has 2 N–H and O–H groups in total. The lowest BCUT2D eigenvalue weighted by atomic mass is 10.1. The zero-order valence-corrected chi connectivity index (χ0v) is 11.6. The van der Waals surface area contributed by atoms with Crippen LogP contribution in [0.3, 0.4) is 0 Å². The fourth-order valence-electron chi connectivity index (χ4n) is 1.64. The molecule has 2 rings (SSSR count). The summed E-state index contributed by atoms with van der Waals surface area (Å²) in [5.74, 6) is 0.412. The lowest BCUT2D eigenvalue weighted by Gasteiger charge is -2.05. The number of benzene rings is 1. The summed E-state index contributed by atoms with van der Waals surface area (Å²) >= 11 is 3.41. The normalized spacial score (nSPS) is 9.89. The highest BCUT2D eigenvalue weighted by molar-refractivity contribution is 9.10. The molecule has 0 atom stereocenters. The van der Waals surface area contributed by atoms with Crippen molar-refractivity contribution in [2.24, 2.45) is 0 Å². The van der Waals surface area contributed by atoms with Gasteiger partial charge in [0.05, 0.1) is 0 Å². The highest BCUT2D eigenvalue weighted by atomic mass is 79.9. The molecule has 0 unspecified atom stereocenters. The molecule has 1 aromatic carbocycles. The topological polar surface area (TPSA) is 81.6 Å². The van der Waals surface area contributed by atoms with E-state index in [1.165, 1.54) is 11.6 Å². The van der Waals surface area contributed by atoms with E-state index in [4.69, 9.17) is 5.26 Å². The van der Waals surface area contributed by atoms with Gasteiger partial charge in [-0.25, -0.2) is 4.79 Å². The van der Waals surface area contributed by atoms with Crippen LogP contribution in [-0.4, -0.2) is 16.5 Å². The lowest BCUT2D eigenvalue weighted by Crippen LogP contribution is -2.16. The average Bonchev–Trinajstić information content (AvgIpc) is 2.38. The van der Waals surface area contributed by atoms with Crippen LogP contribution in [0.5, 0.6) is 0 Å². The molecular weight excluding hydrogens is 308 g/mol. The van der Waals surface area contributed by atoms with E-state index in [2.05, 4.69) is 31.2 Å². The molecule has 0 aliphatic rings. The Morgan fingerprint density at radius 1 is 1.42 bits per heavy atom. The fraction of sp³-hybridized carbons (Fsp3) is 0.154. The molecule has 6 heteroatoms. The quantitative estimate of drug-likeness (QED) is 0.904. The maximum absolute atomic E-state index is 11.2. The van der Waals surface area contributed by atoms with Crippen LogP contribution in [0.25, 0.3) is 0 Å². The summed E-state index contributed by atoms with van der Waals surface area (Å²) in [7, 11) is 0. The van der Waals surface area contributed by atoms with Gasteiger partial charge in [-0.15, -0.1) is 0 Å². The number of hydrogen-bond acceptors (Lipinski definition) is 4. The smallest absolute Gasteiger partial charge is 0.347 e. The summed E-state index contributed by atoms with van der Waals surface area (Å²) in [5, 5.41) is 11.8.